The Labute approximate surface area is 119 Å². The summed E-state index contributed by atoms with van der Waals surface area (Å²) in [7, 11) is -3.35. The van der Waals surface area contributed by atoms with Crippen molar-refractivity contribution in [3.63, 3.8) is 0 Å². The normalized spacial score (nSPS) is 17.6. The van der Waals surface area contributed by atoms with E-state index < -0.39 is 15.6 Å². The summed E-state index contributed by atoms with van der Waals surface area (Å²) >= 11 is 0. The average molecular weight is 293 g/mol. The Hall–Kier alpha value is -0.130. The third-order valence-electron chi connectivity index (χ3n) is 3.66. The van der Waals surface area contributed by atoms with E-state index >= 15 is 0 Å². The van der Waals surface area contributed by atoms with Crippen molar-refractivity contribution in [2.75, 3.05) is 12.9 Å². The van der Waals surface area contributed by atoms with Crippen LogP contribution in [0.1, 0.15) is 54.9 Å². The number of aliphatic hydroxyl groups excluding tert-OH is 1. The standard InChI is InChI=1S/C14H31NO3S/c1-11(13(2,3)4)9-12(10-16)15(14(5,6)7)19(8,17)18/h11-12,16H,9-10H2,1-8H3. The molecule has 2 atom stereocenters. The molecule has 0 bridgehead atoms. The highest BCUT2D eigenvalue weighted by Crippen LogP contribution is 2.32. The van der Waals surface area contributed by atoms with Crippen LogP contribution in [-0.4, -0.2) is 42.3 Å². The Morgan fingerprint density at radius 1 is 1.11 bits per heavy atom. The van der Waals surface area contributed by atoms with Crippen molar-refractivity contribution in [1.82, 2.24) is 4.31 Å². The molecular weight excluding hydrogens is 262 g/mol. The molecule has 0 rings (SSSR count). The lowest BCUT2D eigenvalue weighted by Gasteiger charge is -2.41. The van der Waals surface area contributed by atoms with Crippen molar-refractivity contribution >= 4 is 10.0 Å². The quantitative estimate of drug-likeness (QED) is 0.847. The van der Waals surface area contributed by atoms with Gasteiger partial charge in [-0.25, -0.2) is 8.42 Å². The molecule has 0 aliphatic rings. The lowest BCUT2D eigenvalue weighted by molar-refractivity contribution is 0.0907. The predicted molar refractivity (Wildman–Crippen MR) is 80.5 cm³/mol. The van der Waals surface area contributed by atoms with Crippen LogP contribution in [-0.2, 0) is 10.0 Å². The van der Waals surface area contributed by atoms with E-state index in [1.165, 1.54) is 10.6 Å². The zero-order valence-electron chi connectivity index (χ0n) is 13.7. The maximum absolute atomic E-state index is 12.0. The van der Waals surface area contributed by atoms with Gasteiger partial charge in [-0.05, 0) is 38.5 Å². The molecule has 1 N–H and O–H groups in total. The van der Waals surface area contributed by atoms with Gasteiger partial charge in [-0.2, -0.15) is 4.31 Å². The Bertz CT molecular complexity index is 376. The third kappa shape index (κ3) is 5.79. The fourth-order valence-electron chi connectivity index (χ4n) is 2.32. The van der Waals surface area contributed by atoms with Gasteiger partial charge in [0.2, 0.25) is 10.0 Å². The number of hydrogen-bond acceptors (Lipinski definition) is 3. The molecule has 0 amide bonds. The SMILES string of the molecule is CC(CC(CO)N(C(C)(C)C)S(C)(=O)=O)C(C)(C)C. The zero-order chi connectivity index (χ0) is 15.6. The molecule has 19 heavy (non-hydrogen) atoms. The van der Waals surface area contributed by atoms with Crippen LogP contribution in [0, 0.1) is 11.3 Å². The molecule has 2 unspecified atom stereocenters. The van der Waals surface area contributed by atoms with E-state index in [1.807, 2.05) is 20.8 Å². The smallest absolute Gasteiger partial charge is 0.212 e. The minimum absolute atomic E-state index is 0.0917. The van der Waals surface area contributed by atoms with E-state index in [0.717, 1.165) is 0 Å². The van der Waals surface area contributed by atoms with Crippen molar-refractivity contribution in [3.05, 3.63) is 0 Å². The van der Waals surface area contributed by atoms with Gasteiger partial charge < -0.3 is 5.11 Å². The summed E-state index contributed by atoms with van der Waals surface area (Å²) in [4.78, 5) is 0. The van der Waals surface area contributed by atoms with Gasteiger partial charge in [0.05, 0.1) is 12.9 Å². The zero-order valence-corrected chi connectivity index (χ0v) is 14.5. The van der Waals surface area contributed by atoms with Crippen LogP contribution in [0.15, 0.2) is 0 Å². The summed E-state index contributed by atoms with van der Waals surface area (Å²) in [6.45, 7) is 13.9. The van der Waals surface area contributed by atoms with E-state index in [-0.39, 0.29) is 18.1 Å². The lowest BCUT2D eigenvalue weighted by Crippen LogP contribution is -2.53. The second-order valence-corrected chi connectivity index (χ2v) is 9.43. The average Bonchev–Trinajstić information content (AvgIpc) is 2.10. The van der Waals surface area contributed by atoms with Crippen LogP contribution in [0.3, 0.4) is 0 Å². The highest BCUT2D eigenvalue weighted by atomic mass is 32.2. The monoisotopic (exact) mass is 293 g/mol. The molecular formula is C14H31NO3S. The number of hydrogen-bond donors (Lipinski definition) is 1. The fourth-order valence-corrected chi connectivity index (χ4v) is 4.01. The van der Waals surface area contributed by atoms with Crippen molar-refractivity contribution in [2.45, 2.75) is 66.5 Å². The van der Waals surface area contributed by atoms with Crippen LogP contribution in [0.4, 0.5) is 0 Å². The van der Waals surface area contributed by atoms with Crippen LogP contribution in [0.5, 0.6) is 0 Å². The van der Waals surface area contributed by atoms with Crippen molar-refractivity contribution in [2.24, 2.45) is 11.3 Å². The van der Waals surface area contributed by atoms with Gasteiger partial charge in [-0.3, -0.25) is 0 Å². The summed E-state index contributed by atoms with van der Waals surface area (Å²) in [6, 6.07) is -0.371. The Morgan fingerprint density at radius 2 is 1.53 bits per heavy atom. The summed E-state index contributed by atoms with van der Waals surface area (Å²) in [6.07, 6.45) is 1.87. The first-order chi connectivity index (χ1) is 8.21. The Balaban J connectivity index is 5.31. The number of nitrogens with zero attached hydrogens (tertiary/aromatic N) is 1. The van der Waals surface area contributed by atoms with Crippen LogP contribution < -0.4 is 0 Å². The lowest BCUT2D eigenvalue weighted by atomic mass is 9.78. The minimum atomic E-state index is -3.35. The molecule has 0 radical (unpaired) electrons. The first-order valence-corrected chi connectivity index (χ1v) is 8.66. The van der Waals surface area contributed by atoms with Crippen molar-refractivity contribution < 1.29 is 13.5 Å². The molecule has 0 aliphatic carbocycles. The first kappa shape index (κ1) is 18.9. The van der Waals surface area contributed by atoms with Gasteiger partial charge in [0, 0.05) is 11.6 Å². The molecule has 0 fully saturated rings. The molecule has 0 saturated carbocycles. The predicted octanol–water partition coefficient (Wildman–Crippen LogP) is 2.48. The third-order valence-corrected chi connectivity index (χ3v) is 5.23. The van der Waals surface area contributed by atoms with E-state index in [4.69, 9.17) is 0 Å². The first-order valence-electron chi connectivity index (χ1n) is 6.81. The van der Waals surface area contributed by atoms with Gasteiger partial charge in [0.1, 0.15) is 0 Å². The largest absolute Gasteiger partial charge is 0.395 e. The van der Waals surface area contributed by atoms with Crippen LogP contribution >= 0.6 is 0 Å². The Morgan fingerprint density at radius 3 is 1.74 bits per heavy atom. The van der Waals surface area contributed by atoms with Gasteiger partial charge in [0.15, 0.2) is 0 Å². The molecule has 0 heterocycles. The fraction of sp³-hybridized carbons (Fsp3) is 1.00. The highest BCUT2D eigenvalue weighted by molar-refractivity contribution is 7.88. The van der Waals surface area contributed by atoms with E-state index in [9.17, 15) is 13.5 Å². The number of aliphatic hydroxyl groups is 1. The number of rotatable bonds is 5. The molecule has 0 aliphatic heterocycles. The summed E-state index contributed by atoms with van der Waals surface area (Å²) in [5, 5.41) is 9.63. The number of sulfonamides is 1. The second-order valence-electron chi connectivity index (χ2n) is 7.57. The van der Waals surface area contributed by atoms with Gasteiger partial charge >= 0.3 is 0 Å². The van der Waals surface area contributed by atoms with Crippen LogP contribution in [0.2, 0.25) is 0 Å². The molecule has 0 aromatic rings. The van der Waals surface area contributed by atoms with Crippen molar-refractivity contribution in [1.29, 1.82) is 0 Å². The maximum Gasteiger partial charge on any atom is 0.212 e. The summed E-state index contributed by atoms with van der Waals surface area (Å²) in [5.41, 5.74) is -0.437. The molecule has 116 valence electrons. The molecule has 0 aromatic carbocycles. The molecule has 4 nitrogen and oxygen atoms in total. The van der Waals surface area contributed by atoms with E-state index in [1.54, 1.807) is 0 Å². The Kier molecular flexibility index (Phi) is 6.06. The van der Waals surface area contributed by atoms with E-state index in [2.05, 4.69) is 27.7 Å². The van der Waals surface area contributed by atoms with Crippen molar-refractivity contribution in [3.8, 4) is 0 Å². The summed E-state index contributed by atoms with van der Waals surface area (Å²) in [5.74, 6) is 0.316. The van der Waals surface area contributed by atoms with Gasteiger partial charge in [-0.1, -0.05) is 27.7 Å². The van der Waals surface area contributed by atoms with Gasteiger partial charge in [0.25, 0.3) is 0 Å². The molecule has 0 spiro atoms. The molecule has 0 saturated heterocycles. The topological polar surface area (TPSA) is 57.6 Å². The minimum Gasteiger partial charge on any atom is -0.395 e. The highest BCUT2D eigenvalue weighted by Gasteiger charge is 2.37. The maximum atomic E-state index is 12.0. The molecule has 0 aromatic heterocycles. The van der Waals surface area contributed by atoms with Crippen LogP contribution in [0.25, 0.3) is 0 Å². The van der Waals surface area contributed by atoms with E-state index in [0.29, 0.717) is 12.3 Å². The van der Waals surface area contributed by atoms with Gasteiger partial charge in [-0.15, -0.1) is 0 Å². The summed E-state index contributed by atoms with van der Waals surface area (Å²) < 4.78 is 25.5. The molecule has 5 heteroatoms. The second kappa shape index (κ2) is 6.10.